The summed E-state index contributed by atoms with van der Waals surface area (Å²) in [5.41, 5.74) is 2.41. The lowest BCUT2D eigenvalue weighted by Gasteiger charge is -2.13. The highest BCUT2D eigenvalue weighted by molar-refractivity contribution is 6.36. The van der Waals surface area contributed by atoms with Crippen molar-refractivity contribution in [3.8, 4) is 11.5 Å². The first-order chi connectivity index (χ1) is 13.8. The number of ether oxygens (including phenoxy) is 2. The maximum atomic E-state index is 12.9. The summed E-state index contributed by atoms with van der Waals surface area (Å²) in [6, 6.07) is 10.5. The highest BCUT2D eigenvalue weighted by Crippen LogP contribution is 2.32. The SMILES string of the molecule is COc1cc(/C=C2/C(=O)N(c3cc(Cl)cc(Cl)c3)N=C2C)ccc1OCC(C)C. The Balaban J connectivity index is 1.89. The molecule has 0 spiro atoms. The molecule has 1 aliphatic heterocycles. The minimum atomic E-state index is -0.250. The van der Waals surface area contributed by atoms with Gasteiger partial charge in [0.15, 0.2) is 11.5 Å². The van der Waals surface area contributed by atoms with Gasteiger partial charge in [0.1, 0.15) is 0 Å². The summed E-state index contributed by atoms with van der Waals surface area (Å²) in [6.07, 6.45) is 1.78. The zero-order valence-corrected chi connectivity index (χ0v) is 18.2. The molecule has 0 N–H and O–H groups in total. The molecule has 0 saturated carbocycles. The van der Waals surface area contributed by atoms with E-state index in [1.165, 1.54) is 5.01 Å². The van der Waals surface area contributed by atoms with E-state index in [4.69, 9.17) is 32.7 Å². The first kappa shape index (κ1) is 21.2. The molecule has 0 bridgehead atoms. The first-order valence-corrected chi connectivity index (χ1v) is 9.92. The second kappa shape index (κ2) is 8.89. The zero-order valence-electron chi connectivity index (χ0n) is 16.7. The number of hydrazone groups is 1. The Kier molecular flexibility index (Phi) is 6.50. The summed E-state index contributed by atoms with van der Waals surface area (Å²) in [5.74, 6) is 1.43. The standard InChI is InChI=1S/C22H22Cl2N2O3/c1-13(2)12-29-20-6-5-15(8-21(20)28-4)7-19-14(3)25-26(22(19)27)18-10-16(23)9-17(24)11-18/h5-11,13H,12H2,1-4H3/b19-7+. The summed E-state index contributed by atoms with van der Waals surface area (Å²) < 4.78 is 11.2. The van der Waals surface area contributed by atoms with Crippen molar-refractivity contribution in [3.63, 3.8) is 0 Å². The summed E-state index contributed by atoms with van der Waals surface area (Å²) in [7, 11) is 1.59. The average molecular weight is 433 g/mol. The molecule has 2 aromatic rings. The van der Waals surface area contributed by atoms with Gasteiger partial charge < -0.3 is 9.47 Å². The lowest BCUT2D eigenvalue weighted by atomic mass is 10.1. The lowest BCUT2D eigenvalue weighted by molar-refractivity contribution is -0.114. The van der Waals surface area contributed by atoms with Gasteiger partial charge in [-0.05, 0) is 54.8 Å². The predicted octanol–water partition coefficient (Wildman–Crippen LogP) is 5.84. The topological polar surface area (TPSA) is 51.1 Å². The predicted molar refractivity (Wildman–Crippen MR) is 118 cm³/mol. The van der Waals surface area contributed by atoms with Crippen molar-refractivity contribution in [2.45, 2.75) is 20.8 Å². The van der Waals surface area contributed by atoms with Crippen LogP contribution in [0.15, 0.2) is 47.1 Å². The number of hydrogen-bond donors (Lipinski definition) is 0. The number of carbonyl (C=O) groups excluding carboxylic acids is 1. The smallest absolute Gasteiger partial charge is 0.280 e. The van der Waals surface area contributed by atoms with Gasteiger partial charge in [-0.1, -0.05) is 43.1 Å². The number of halogens is 2. The second-order valence-corrected chi connectivity index (χ2v) is 7.98. The molecule has 152 valence electrons. The van der Waals surface area contributed by atoms with Crippen molar-refractivity contribution >= 4 is 46.6 Å². The van der Waals surface area contributed by atoms with Gasteiger partial charge in [0.05, 0.1) is 30.7 Å². The number of anilines is 1. The van der Waals surface area contributed by atoms with Gasteiger partial charge >= 0.3 is 0 Å². The Labute approximate surface area is 180 Å². The van der Waals surface area contributed by atoms with Crippen LogP contribution in [0.3, 0.4) is 0 Å². The van der Waals surface area contributed by atoms with Crippen LogP contribution in [0.25, 0.3) is 6.08 Å². The molecular formula is C22H22Cl2N2O3. The molecule has 3 rings (SSSR count). The summed E-state index contributed by atoms with van der Waals surface area (Å²) >= 11 is 12.1. The molecule has 5 nitrogen and oxygen atoms in total. The fraction of sp³-hybridized carbons (Fsp3) is 0.273. The molecule has 2 aromatic carbocycles. The number of benzene rings is 2. The fourth-order valence-corrected chi connectivity index (χ4v) is 3.35. The van der Waals surface area contributed by atoms with Crippen LogP contribution in [-0.2, 0) is 4.79 Å². The van der Waals surface area contributed by atoms with Gasteiger partial charge in [-0.2, -0.15) is 10.1 Å². The Morgan fingerprint density at radius 3 is 2.41 bits per heavy atom. The molecular weight excluding hydrogens is 411 g/mol. The molecule has 0 radical (unpaired) electrons. The maximum Gasteiger partial charge on any atom is 0.280 e. The highest BCUT2D eigenvalue weighted by Gasteiger charge is 2.29. The van der Waals surface area contributed by atoms with Gasteiger partial charge in [-0.15, -0.1) is 0 Å². The summed E-state index contributed by atoms with van der Waals surface area (Å²) in [6.45, 7) is 6.54. The van der Waals surface area contributed by atoms with Crippen LogP contribution in [0.2, 0.25) is 10.0 Å². The van der Waals surface area contributed by atoms with E-state index in [1.54, 1.807) is 38.3 Å². The molecule has 1 amide bonds. The molecule has 7 heteroatoms. The van der Waals surface area contributed by atoms with Crippen molar-refractivity contribution in [1.82, 2.24) is 0 Å². The minimum Gasteiger partial charge on any atom is -0.493 e. The van der Waals surface area contributed by atoms with E-state index in [9.17, 15) is 4.79 Å². The van der Waals surface area contributed by atoms with Crippen molar-refractivity contribution in [1.29, 1.82) is 0 Å². The van der Waals surface area contributed by atoms with E-state index >= 15 is 0 Å². The van der Waals surface area contributed by atoms with E-state index in [-0.39, 0.29) is 5.91 Å². The Morgan fingerprint density at radius 1 is 1.10 bits per heavy atom. The largest absolute Gasteiger partial charge is 0.493 e. The number of nitrogens with zero attached hydrogens (tertiary/aromatic N) is 2. The molecule has 0 atom stereocenters. The van der Waals surface area contributed by atoms with Crippen LogP contribution >= 0.6 is 23.2 Å². The van der Waals surface area contributed by atoms with Crippen molar-refractivity contribution in [2.75, 3.05) is 18.7 Å². The van der Waals surface area contributed by atoms with Gasteiger partial charge in [-0.25, -0.2) is 0 Å². The average Bonchev–Trinajstić information content (AvgIpc) is 2.94. The lowest BCUT2D eigenvalue weighted by Crippen LogP contribution is -2.21. The summed E-state index contributed by atoms with van der Waals surface area (Å²) in [4.78, 5) is 12.9. The van der Waals surface area contributed by atoms with Gasteiger partial charge in [0, 0.05) is 10.0 Å². The number of amides is 1. The fourth-order valence-electron chi connectivity index (χ4n) is 2.84. The molecule has 29 heavy (non-hydrogen) atoms. The van der Waals surface area contributed by atoms with Gasteiger partial charge in [0.25, 0.3) is 5.91 Å². The van der Waals surface area contributed by atoms with Crippen molar-refractivity contribution in [2.24, 2.45) is 11.0 Å². The van der Waals surface area contributed by atoms with Crippen molar-refractivity contribution in [3.05, 3.63) is 57.6 Å². The van der Waals surface area contributed by atoms with E-state index in [1.807, 2.05) is 18.2 Å². The number of carbonyl (C=O) groups is 1. The van der Waals surface area contributed by atoms with E-state index < -0.39 is 0 Å². The molecule has 0 fully saturated rings. The third-order valence-corrected chi connectivity index (χ3v) is 4.66. The Morgan fingerprint density at radius 2 is 1.79 bits per heavy atom. The van der Waals surface area contributed by atoms with Crippen LogP contribution in [0, 0.1) is 5.92 Å². The van der Waals surface area contributed by atoms with Crippen LogP contribution in [0.4, 0.5) is 5.69 Å². The monoisotopic (exact) mass is 432 g/mol. The number of hydrogen-bond acceptors (Lipinski definition) is 4. The Hall–Kier alpha value is -2.50. The highest BCUT2D eigenvalue weighted by atomic mass is 35.5. The second-order valence-electron chi connectivity index (χ2n) is 7.10. The van der Waals surface area contributed by atoms with Crippen LogP contribution in [0.5, 0.6) is 11.5 Å². The molecule has 0 unspecified atom stereocenters. The number of methoxy groups -OCH3 is 1. The molecule has 1 heterocycles. The number of rotatable bonds is 6. The quantitative estimate of drug-likeness (QED) is 0.538. The molecule has 0 aliphatic carbocycles. The minimum absolute atomic E-state index is 0.250. The van der Waals surface area contributed by atoms with Crippen molar-refractivity contribution < 1.29 is 14.3 Å². The van der Waals surface area contributed by atoms with E-state index in [2.05, 4.69) is 18.9 Å². The van der Waals surface area contributed by atoms with Gasteiger partial charge in [0.2, 0.25) is 0 Å². The van der Waals surface area contributed by atoms with E-state index in [0.29, 0.717) is 51.0 Å². The van der Waals surface area contributed by atoms with Crippen LogP contribution < -0.4 is 14.5 Å². The molecule has 0 aromatic heterocycles. The first-order valence-electron chi connectivity index (χ1n) is 9.17. The Bertz CT molecular complexity index is 979. The third-order valence-electron chi connectivity index (χ3n) is 4.23. The molecule has 1 aliphatic rings. The van der Waals surface area contributed by atoms with Crippen LogP contribution in [0.1, 0.15) is 26.3 Å². The maximum absolute atomic E-state index is 12.9. The summed E-state index contributed by atoms with van der Waals surface area (Å²) in [5, 5.41) is 6.54. The van der Waals surface area contributed by atoms with Crippen LogP contribution in [-0.4, -0.2) is 25.3 Å². The zero-order chi connectivity index (χ0) is 21.1. The van der Waals surface area contributed by atoms with Gasteiger partial charge in [-0.3, -0.25) is 4.79 Å². The van der Waals surface area contributed by atoms with E-state index in [0.717, 1.165) is 5.56 Å². The molecule has 0 saturated heterocycles. The normalized spacial score (nSPS) is 15.3. The third kappa shape index (κ3) is 4.92.